The number of nitrogens with two attached hydrogens (primary N) is 1. The van der Waals surface area contributed by atoms with Crippen LogP contribution in [0.2, 0.25) is 0 Å². The molecule has 0 bridgehead atoms. The van der Waals surface area contributed by atoms with Crippen LogP contribution >= 0.6 is 11.3 Å². The predicted octanol–water partition coefficient (Wildman–Crippen LogP) is 2.87. The van der Waals surface area contributed by atoms with Crippen molar-refractivity contribution in [1.82, 2.24) is 0 Å². The number of thiophene rings is 1. The normalized spacial score (nSPS) is 10.2. The lowest BCUT2D eigenvalue weighted by atomic mass is 10.2. The molecule has 0 saturated heterocycles. The van der Waals surface area contributed by atoms with Gasteiger partial charge in [-0.05, 0) is 23.8 Å². The van der Waals surface area contributed by atoms with Gasteiger partial charge in [-0.15, -0.1) is 11.3 Å². The minimum Gasteiger partial charge on any atom is -0.465 e. The van der Waals surface area contributed by atoms with E-state index in [2.05, 4.69) is 10.1 Å². The number of nitrogen functional groups attached to an aromatic ring is 1. The number of halogens is 1. The van der Waals surface area contributed by atoms with Gasteiger partial charge in [0.25, 0.3) is 0 Å². The molecule has 0 fully saturated rings. The van der Waals surface area contributed by atoms with Crippen molar-refractivity contribution >= 4 is 28.0 Å². The first-order chi connectivity index (χ1) is 9.10. The van der Waals surface area contributed by atoms with E-state index in [-0.39, 0.29) is 5.82 Å². The molecule has 100 valence electrons. The number of benzene rings is 1. The number of anilines is 2. The summed E-state index contributed by atoms with van der Waals surface area (Å²) in [5, 5.41) is 3.89. The SMILES string of the molecule is COC(=O)c1sc(NCc2ccc(F)cc2)cc1N. The van der Waals surface area contributed by atoms with Gasteiger partial charge in [-0.3, -0.25) is 0 Å². The quantitative estimate of drug-likeness (QED) is 0.845. The van der Waals surface area contributed by atoms with Gasteiger partial charge in [0, 0.05) is 6.54 Å². The molecule has 0 aliphatic heterocycles. The molecule has 0 spiro atoms. The van der Waals surface area contributed by atoms with E-state index in [1.807, 2.05) is 0 Å². The topological polar surface area (TPSA) is 64.3 Å². The van der Waals surface area contributed by atoms with Crippen LogP contribution in [0.15, 0.2) is 30.3 Å². The van der Waals surface area contributed by atoms with Crippen LogP contribution in [0.3, 0.4) is 0 Å². The Morgan fingerprint density at radius 2 is 2.11 bits per heavy atom. The van der Waals surface area contributed by atoms with E-state index in [0.717, 1.165) is 10.6 Å². The lowest BCUT2D eigenvalue weighted by Crippen LogP contribution is -2.01. The summed E-state index contributed by atoms with van der Waals surface area (Å²) in [7, 11) is 1.31. The molecule has 0 unspecified atom stereocenters. The van der Waals surface area contributed by atoms with Crippen molar-refractivity contribution in [2.75, 3.05) is 18.2 Å². The predicted molar refractivity (Wildman–Crippen MR) is 73.8 cm³/mol. The summed E-state index contributed by atoms with van der Waals surface area (Å²) >= 11 is 1.23. The molecular weight excluding hydrogens is 267 g/mol. The molecule has 1 aromatic carbocycles. The maximum atomic E-state index is 12.7. The zero-order valence-corrected chi connectivity index (χ0v) is 11.1. The molecule has 1 aromatic heterocycles. The maximum Gasteiger partial charge on any atom is 0.350 e. The number of ether oxygens (including phenoxy) is 1. The van der Waals surface area contributed by atoms with Crippen molar-refractivity contribution in [1.29, 1.82) is 0 Å². The van der Waals surface area contributed by atoms with Gasteiger partial charge in [0.05, 0.1) is 17.8 Å². The molecule has 19 heavy (non-hydrogen) atoms. The molecule has 4 nitrogen and oxygen atoms in total. The fourth-order valence-electron chi connectivity index (χ4n) is 1.54. The second kappa shape index (κ2) is 5.71. The Morgan fingerprint density at radius 3 is 2.74 bits per heavy atom. The highest BCUT2D eigenvalue weighted by atomic mass is 32.1. The summed E-state index contributed by atoms with van der Waals surface area (Å²) in [5.41, 5.74) is 7.05. The number of methoxy groups -OCH3 is 1. The van der Waals surface area contributed by atoms with Crippen LogP contribution in [0.25, 0.3) is 0 Å². The van der Waals surface area contributed by atoms with Crippen molar-refractivity contribution in [2.45, 2.75) is 6.54 Å². The van der Waals surface area contributed by atoms with Crippen LogP contribution in [0.1, 0.15) is 15.2 Å². The van der Waals surface area contributed by atoms with Crippen LogP contribution in [-0.4, -0.2) is 13.1 Å². The molecule has 1 heterocycles. The van der Waals surface area contributed by atoms with Gasteiger partial charge in [-0.25, -0.2) is 9.18 Å². The summed E-state index contributed by atoms with van der Waals surface area (Å²) in [5.74, 6) is -0.713. The van der Waals surface area contributed by atoms with Crippen LogP contribution in [0, 0.1) is 5.82 Å². The Labute approximate surface area is 114 Å². The van der Waals surface area contributed by atoms with Gasteiger partial charge >= 0.3 is 5.97 Å². The number of nitrogens with one attached hydrogen (secondary N) is 1. The molecule has 6 heteroatoms. The molecule has 0 saturated carbocycles. The number of carbonyl (C=O) groups excluding carboxylic acids is 1. The minimum absolute atomic E-state index is 0.267. The average molecular weight is 280 g/mol. The highest BCUT2D eigenvalue weighted by molar-refractivity contribution is 7.18. The molecule has 0 aliphatic carbocycles. The maximum absolute atomic E-state index is 12.7. The second-order valence-electron chi connectivity index (χ2n) is 3.87. The van der Waals surface area contributed by atoms with E-state index in [4.69, 9.17) is 5.73 Å². The minimum atomic E-state index is -0.447. The van der Waals surface area contributed by atoms with Gasteiger partial charge < -0.3 is 15.8 Å². The highest BCUT2D eigenvalue weighted by Gasteiger charge is 2.14. The van der Waals surface area contributed by atoms with Crippen LogP contribution < -0.4 is 11.1 Å². The number of rotatable bonds is 4. The van der Waals surface area contributed by atoms with Crippen molar-refractivity contribution in [2.24, 2.45) is 0 Å². The van der Waals surface area contributed by atoms with E-state index in [1.165, 1.54) is 30.6 Å². The second-order valence-corrected chi connectivity index (χ2v) is 4.92. The molecule has 3 N–H and O–H groups in total. The largest absolute Gasteiger partial charge is 0.465 e. The number of esters is 1. The Balaban J connectivity index is 2.04. The Kier molecular flexibility index (Phi) is 4.01. The fraction of sp³-hybridized carbons (Fsp3) is 0.154. The molecule has 0 atom stereocenters. The first kappa shape index (κ1) is 13.4. The summed E-state index contributed by atoms with van der Waals surface area (Å²) in [6.45, 7) is 0.529. The molecule has 2 aromatic rings. The summed E-state index contributed by atoms with van der Waals surface area (Å²) in [6.07, 6.45) is 0. The summed E-state index contributed by atoms with van der Waals surface area (Å²) in [4.78, 5) is 11.8. The zero-order valence-electron chi connectivity index (χ0n) is 10.3. The third-order valence-electron chi connectivity index (χ3n) is 2.51. The molecule has 0 amide bonds. The number of carbonyl (C=O) groups is 1. The third kappa shape index (κ3) is 3.23. The van der Waals surface area contributed by atoms with E-state index < -0.39 is 5.97 Å². The van der Waals surface area contributed by atoms with Gasteiger partial charge in [0.15, 0.2) is 0 Å². The van der Waals surface area contributed by atoms with Crippen LogP contribution in [0.4, 0.5) is 15.1 Å². The van der Waals surface area contributed by atoms with E-state index in [0.29, 0.717) is 17.1 Å². The smallest absolute Gasteiger partial charge is 0.350 e. The van der Waals surface area contributed by atoms with Gasteiger partial charge in [-0.1, -0.05) is 12.1 Å². The number of hydrogen-bond acceptors (Lipinski definition) is 5. The van der Waals surface area contributed by atoms with Crippen LogP contribution in [-0.2, 0) is 11.3 Å². The Bertz CT molecular complexity index is 581. The molecular formula is C13H13FN2O2S. The molecule has 0 radical (unpaired) electrons. The van der Waals surface area contributed by atoms with E-state index >= 15 is 0 Å². The molecule has 2 rings (SSSR count). The third-order valence-corrected chi connectivity index (χ3v) is 3.60. The summed E-state index contributed by atoms with van der Waals surface area (Å²) < 4.78 is 17.4. The standard InChI is InChI=1S/C13H13FN2O2S/c1-18-13(17)12-10(15)6-11(19-12)16-7-8-2-4-9(14)5-3-8/h2-6,16H,7,15H2,1H3. The van der Waals surface area contributed by atoms with Gasteiger partial charge in [-0.2, -0.15) is 0 Å². The lowest BCUT2D eigenvalue weighted by molar-refractivity contribution is 0.0607. The van der Waals surface area contributed by atoms with E-state index in [1.54, 1.807) is 18.2 Å². The van der Waals surface area contributed by atoms with Crippen molar-refractivity contribution in [3.05, 3.63) is 46.6 Å². The van der Waals surface area contributed by atoms with Crippen molar-refractivity contribution < 1.29 is 13.9 Å². The Hall–Kier alpha value is -2.08. The van der Waals surface area contributed by atoms with Gasteiger partial charge in [0.1, 0.15) is 10.7 Å². The van der Waals surface area contributed by atoms with Crippen molar-refractivity contribution in [3.63, 3.8) is 0 Å². The average Bonchev–Trinajstić information content (AvgIpc) is 2.78. The van der Waals surface area contributed by atoms with Crippen LogP contribution in [0.5, 0.6) is 0 Å². The Morgan fingerprint density at radius 1 is 1.42 bits per heavy atom. The van der Waals surface area contributed by atoms with E-state index in [9.17, 15) is 9.18 Å². The van der Waals surface area contributed by atoms with Gasteiger partial charge in [0.2, 0.25) is 0 Å². The van der Waals surface area contributed by atoms with Crippen molar-refractivity contribution in [3.8, 4) is 0 Å². The zero-order chi connectivity index (χ0) is 13.8. The monoisotopic (exact) mass is 280 g/mol. The first-order valence-corrected chi connectivity index (χ1v) is 6.37. The highest BCUT2D eigenvalue weighted by Crippen LogP contribution is 2.30. The fourth-order valence-corrected chi connectivity index (χ4v) is 2.43. The lowest BCUT2D eigenvalue weighted by Gasteiger charge is -2.03. The summed E-state index contributed by atoms with van der Waals surface area (Å²) in [6, 6.07) is 7.88. The number of hydrogen-bond donors (Lipinski definition) is 2. The molecule has 0 aliphatic rings. The first-order valence-electron chi connectivity index (χ1n) is 5.56.